The lowest BCUT2D eigenvalue weighted by Gasteiger charge is -2.35. The van der Waals surface area contributed by atoms with Crippen molar-refractivity contribution in [3.05, 3.63) is 59.9 Å². The van der Waals surface area contributed by atoms with Gasteiger partial charge in [0.15, 0.2) is 0 Å². The maximum Gasteiger partial charge on any atom is 0.234 e. The molecule has 31 heavy (non-hydrogen) atoms. The molecular formula is C24H31FN2O4. The molecular weight excluding hydrogens is 399 g/mol. The van der Waals surface area contributed by atoms with Crippen molar-refractivity contribution in [1.82, 2.24) is 10.2 Å². The fourth-order valence-electron chi connectivity index (χ4n) is 3.87. The lowest BCUT2D eigenvalue weighted by Crippen LogP contribution is -2.45. The van der Waals surface area contributed by atoms with Gasteiger partial charge in [-0.2, -0.15) is 0 Å². The Hall–Kier alpha value is -2.64. The van der Waals surface area contributed by atoms with Crippen molar-refractivity contribution in [3.8, 4) is 11.5 Å². The predicted octanol–water partition coefficient (Wildman–Crippen LogP) is 3.14. The zero-order valence-corrected chi connectivity index (χ0v) is 17.9. The average Bonchev–Trinajstić information content (AvgIpc) is 2.78. The summed E-state index contributed by atoms with van der Waals surface area (Å²) >= 11 is 0. The Morgan fingerprint density at radius 1 is 1.13 bits per heavy atom. The molecule has 2 N–H and O–H groups in total. The first kappa shape index (κ1) is 23.0. The monoisotopic (exact) mass is 430 g/mol. The summed E-state index contributed by atoms with van der Waals surface area (Å²) in [5.41, 5.74) is 1.08. The predicted molar refractivity (Wildman–Crippen MR) is 117 cm³/mol. The zero-order chi connectivity index (χ0) is 22.1. The van der Waals surface area contributed by atoms with E-state index in [4.69, 9.17) is 9.47 Å². The molecule has 6 nitrogen and oxygen atoms in total. The Bertz CT molecular complexity index is 823. The summed E-state index contributed by atoms with van der Waals surface area (Å²) in [5.74, 6) is 0.971. The number of aliphatic hydroxyl groups is 1. The minimum absolute atomic E-state index is 0.0725. The van der Waals surface area contributed by atoms with Crippen LogP contribution in [0.25, 0.3) is 0 Å². The van der Waals surface area contributed by atoms with E-state index in [2.05, 4.69) is 10.2 Å². The van der Waals surface area contributed by atoms with E-state index in [1.54, 1.807) is 19.2 Å². The number of rotatable bonds is 10. The van der Waals surface area contributed by atoms with Gasteiger partial charge < -0.3 is 19.9 Å². The smallest absolute Gasteiger partial charge is 0.234 e. The summed E-state index contributed by atoms with van der Waals surface area (Å²) in [7, 11) is 1.64. The standard InChI is InChI=1S/C24H31FN2O4/c1-30-23-4-2-3-18(15-23)16-27(20-7-9-21(28)10-8-20)17-24(29)26-13-14-31-22-11-5-19(25)6-12-22/h2-6,11-12,15,20-21,28H,7-10,13-14,16-17H2,1H3,(H,26,29). The summed E-state index contributed by atoms with van der Waals surface area (Å²) in [5, 5.41) is 12.7. The molecule has 0 unspecified atom stereocenters. The highest BCUT2D eigenvalue weighted by Crippen LogP contribution is 2.25. The zero-order valence-electron chi connectivity index (χ0n) is 17.9. The largest absolute Gasteiger partial charge is 0.497 e. The van der Waals surface area contributed by atoms with Crippen LogP contribution in [-0.4, -0.2) is 54.9 Å². The molecule has 0 atom stereocenters. The van der Waals surface area contributed by atoms with Gasteiger partial charge in [-0.3, -0.25) is 9.69 Å². The number of nitrogens with one attached hydrogen (secondary N) is 1. The molecule has 1 amide bonds. The quantitative estimate of drug-likeness (QED) is 0.567. The molecule has 2 aromatic carbocycles. The number of benzene rings is 2. The van der Waals surface area contributed by atoms with Gasteiger partial charge in [0.05, 0.1) is 26.3 Å². The van der Waals surface area contributed by atoms with Crippen molar-refractivity contribution >= 4 is 5.91 Å². The number of halogens is 1. The molecule has 1 saturated carbocycles. The van der Waals surface area contributed by atoms with Gasteiger partial charge in [-0.25, -0.2) is 4.39 Å². The van der Waals surface area contributed by atoms with Crippen LogP contribution in [0.5, 0.6) is 11.5 Å². The summed E-state index contributed by atoms with van der Waals surface area (Å²) in [6.07, 6.45) is 3.00. The van der Waals surface area contributed by atoms with Gasteiger partial charge in [-0.1, -0.05) is 12.1 Å². The molecule has 0 spiro atoms. The second-order valence-electron chi connectivity index (χ2n) is 7.87. The van der Waals surface area contributed by atoms with Crippen LogP contribution in [0.1, 0.15) is 31.2 Å². The first-order valence-corrected chi connectivity index (χ1v) is 10.7. The van der Waals surface area contributed by atoms with E-state index >= 15 is 0 Å². The van der Waals surface area contributed by atoms with E-state index < -0.39 is 0 Å². The van der Waals surface area contributed by atoms with Crippen molar-refractivity contribution in [3.63, 3.8) is 0 Å². The van der Waals surface area contributed by atoms with Crippen LogP contribution < -0.4 is 14.8 Å². The summed E-state index contributed by atoms with van der Waals surface area (Å²) in [6, 6.07) is 13.9. The van der Waals surface area contributed by atoms with Crippen molar-refractivity contribution in [1.29, 1.82) is 0 Å². The van der Waals surface area contributed by atoms with E-state index in [0.717, 1.165) is 37.0 Å². The summed E-state index contributed by atoms with van der Waals surface area (Å²) in [4.78, 5) is 14.8. The molecule has 3 rings (SSSR count). The van der Waals surface area contributed by atoms with Gasteiger partial charge in [0.25, 0.3) is 0 Å². The molecule has 168 valence electrons. The Labute approximate surface area is 183 Å². The lowest BCUT2D eigenvalue weighted by molar-refractivity contribution is -0.123. The molecule has 1 aliphatic rings. The minimum Gasteiger partial charge on any atom is -0.497 e. The number of hydrogen-bond donors (Lipinski definition) is 2. The molecule has 1 fully saturated rings. The van der Waals surface area contributed by atoms with Crippen LogP contribution in [0.3, 0.4) is 0 Å². The maximum absolute atomic E-state index is 12.9. The van der Waals surface area contributed by atoms with Crippen LogP contribution in [0, 0.1) is 5.82 Å². The van der Waals surface area contributed by atoms with E-state index in [9.17, 15) is 14.3 Å². The lowest BCUT2D eigenvalue weighted by atomic mass is 9.91. The normalized spacial score (nSPS) is 18.6. The van der Waals surface area contributed by atoms with Crippen molar-refractivity contribution in [2.24, 2.45) is 0 Å². The SMILES string of the molecule is COc1cccc(CN(CC(=O)NCCOc2ccc(F)cc2)C2CCC(O)CC2)c1. The Kier molecular flexibility index (Phi) is 8.67. The van der Waals surface area contributed by atoms with Crippen LogP contribution in [0.15, 0.2) is 48.5 Å². The fourth-order valence-corrected chi connectivity index (χ4v) is 3.87. The Balaban J connectivity index is 1.52. The van der Waals surface area contributed by atoms with Crippen LogP contribution >= 0.6 is 0 Å². The van der Waals surface area contributed by atoms with Gasteiger partial charge in [0.1, 0.15) is 23.9 Å². The number of nitrogens with zero attached hydrogens (tertiary/aromatic N) is 1. The molecule has 0 radical (unpaired) electrons. The van der Waals surface area contributed by atoms with Crippen LogP contribution in [0.4, 0.5) is 4.39 Å². The topological polar surface area (TPSA) is 71.0 Å². The molecule has 0 heterocycles. The van der Waals surface area contributed by atoms with Crippen LogP contribution in [0.2, 0.25) is 0 Å². The number of amides is 1. The summed E-state index contributed by atoms with van der Waals surface area (Å²) < 4.78 is 23.8. The van der Waals surface area contributed by atoms with Gasteiger partial charge in [0.2, 0.25) is 5.91 Å². The first-order chi connectivity index (χ1) is 15.0. The first-order valence-electron chi connectivity index (χ1n) is 10.7. The number of hydrogen-bond acceptors (Lipinski definition) is 5. The molecule has 2 aromatic rings. The van der Waals surface area contributed by atoms with Crippen LogP contribution in [-0.2, 0) is 11.3 Å². The van der Waals surface area contributed by atoms with Crippen molar-refractivity contribution < 1.29 is 23.8 Å². The number of methoxy groups -OCH3 is 1. The second-order valence-corrected chi connectivity index (χ2v) is 7.87. The Morgan fingerprint density at radius 3 is 2.58 bits per heavy atom. The van der Waals surface area contributed by atoms with E-state index in [0.29, 0.717) is 25.4 Å². The third-order valence-electron chi connectivity index (χ3n) is 5.56. The molecule has 0 aliphatic heterocycles. The highest BCUT2D eigenvalue weighted by Gasteiger charge is 2.26. The number of ether oxygens (including phenoxy) is 2. The number of carbonyl (C=O) groups excluding carboxylic acids is 1. The molecule has 0 bridgehead atoms. The third-order valence-corrected chi connectivity index (χ3v) is 5.56. The molecule has 1 aliphatic carbocycles. The molecule has 0 saturated heterocycles. The fraction of sp³-hybridized carbons (Fsp3) is 0.458. The van der Waals surface area contributed by atoms with Gasteiger partial charge in [-0.05, 0) is 67.6 Å². The van der Waals surface area contributed by atoms with E-state index in [-0.39, 0.29) is 30.4 Å². The Morgan fingerprint density at radius 2 is 1.87 bits per heavy atom. The maximum atomic E-state index is 12.9. The van der Waals surface area contributed by atoms with Gasteiger partial charge >= 0.3 is 0 Å². The van der Waals surface area contributed by atoms with Gasteiger partial charge in [-0.15, -0.1) is 0 Å². The van der Waals surface area contributed by atoms with E-state index in [1.807, 2.05) is 24.3 Å². The molecule has 7 heteroatoms. The van der Waals surface area contributed by atoms with Crippen molar-refractivity contribution in [2.75, 3.05) is 26.8 Å². The second kappa shape index (κ2) is 11.7. The average molecular weight is 431 g/mol. The van der Waals surface area contributed by atoms with Gasteiger partial charge in [0, 0.05) is 12.6 Å². The highest BCUT2D eigenvalue weighted by atomic mass is 19.1. The number of carbonyl (C=O) groups is 1. The minimum atomic E-state index is -0.313. The number of aliphatic hydroxyl groups excluding tert-OH is 1. The summed E-state index contributed by atoms with van der Waals surface area (Å²) in [6.45, 7) is 1.58. The highest BCUT2D eigenvalue weighted by molar-refractivity contribution is 5.78. The van der Waals surface area contributed by atoms with Crippen molar-refractivity contribution in [2.45, 2.75) is 44.4 Å². The van der Waals surface area contributed by atoms with E-state index in [1.165, 1.54) is 12.1 Å². The third kappa shape index (κ3) is 7.52. The molecule has 0 aromatic heterocycles.